The van der Waals surface area contributed by atoms with Crippen LogP contribution >= 0.6 is 11.8 Å². The zero-order valence-corrected chi connectivity index (χ0v) is 24.9. The molecular weight excluding hydrogens is 488 g/mol. The monoisotopic (exact) mass is 536 g/mol. The first-order valence-electron chi connectivity index (χ1n) is 13.8. The van der Waals surface area contributed by atoms with Crippen molar-refractivity contribution in [2.45, 2.75) is 109 Å². The zero-order valence-electron chi connectivity index (χ0n) is 24.1. The highest BCUT2D eigenvalue weighted by atomic mass is 32.2. The smallest absolute Gasteiger partial charge is 0.310 e. The van der Waals surface area contributed by atoms with Gasteiger partial charge in [0.15, 0.2) is 0 Å². The molecule has 3 rings (SSSR count). The van der Waals surface area contributed by atoms with E-state index in [1.165, 1.54) is 0 Å². The van der Waals surface area contributed by atoms with Crippen molar-refractivity contribution in [2.24, 2.45) is 23.2 Å². The average Bonchev–Trinajstić information content (AvgIpc) is 3.41. The number of fused-ring (bicyclic) bond motifs is 1. The van der Waals surface area contributed by atoms with Crippen LogP contribution in [0.5, 0.6) is 0 Å². The van der Waals surface area contributed by atoms with Gasteiger partial charge in [0.2, 0.25) is 11.8 Å². The Morgan fingerprint density at radius 2 is 1.95 bits per heavy atom. The quantitative estimate of drug-likeness (QED) is 0.313. The van der Waals surface area contributed by atoms with Crippen molar-refractivity contribution < 1.29 is 24.2 Å². The molecule has 1 spiro atoms. The molecule has 2 amide bonds. The first kappa shape index (κ1) is 30.0. The molecule has 3 heterocycles. The van der Waals surface area contributed by atoms with Crippen LogP contribution in [0.2, 0.25) is 0 Å². The highest BCUT2D eigenvalue weighted by molar-refractivity contribution is 8.02. The van der Waals surface area contributed by atoms with E-state index in [2.05, 4.69) is 55.0 Å². The predicted octanol–water partition coefficient (Wildman–Crippen LogP) is 4.28. The second-order valence-electron chi connectivity index (χ2n) is 13.3. The summed E-state index contributed by atoms with van der Waals surface area (Å²) in [7, 11) is 0. The Labute approximate surface area is 227 Å². The Morgan fingerprint density at radius 1 is 1.30 bits per heavy atom. The van der Waals surface area contributed by atoms with Crippen LogP contribution in [0.15, 0.2) is 12.7 Å². The molecule has 0 aliphatic carbocycles. The molecule has 6 atom stereocenters. The lowest BCUT2D eigenvalue weighted by molar-refractivity contribution is -0.154. The van der Waals surface area contributed by atoms with Crippen LogP contribution in [0.4, 0.5) is 0 Å². The number of rotatable bonds is 11. The van der Waals surface area contributed by atoms with E-state index in [9.17, 15) is 19.5 Å². The molecule has 210 valence electrons. The predicted molar refractivity (Wildman–Crippen MR) is 148 cm³/mol. The maximum atomic E-state index is 14.7. The molecule has 37 heavy (non-hydrogen) atoms. The summed E-state index contributed by atoms with van der Waals surface area (Å²) in [6, 6.07) is -1.23. The van der Waals surface area contributed by atoms with Gasteiger partial charge >= 0.3 is 5.97 Å². The number of likely N-dealkylation sites (tertiary alicyclic amines) is 1. The molecule has 3 saturated heterocycles. The lowest BCUT2D eigenvalue weighted by atomic mass is 9.71. The van der Waals surface area contributed by atoms with Crippen LogP contribution in [-0.2, 0) is 19.1 Å². The summed E-state index contributed by atoms with van der Waals surface area (Å²) in [6.07, 6.45) is 4.57. The van der Waals surface area contributed by atoms with E-state index >= 15 is 0 Å². The maximum Gasteiger partial charge on any atom is 0.310 e. The molecule has 3 aliphatic rings. The molecule has 0 radical (unpaired) electrons. The van der Waals surface area contributed by atoms with Gasteiger partial charge in [-0.15, -0.1) is 18.3 Å². The van der Waals surface area contributed by atoms with Gasteiger partial charge in [0.1, 0.15) is 6.04 Å². The topological polar surface area (TPSA) is 87.2 Å². The molecule has 1 N–H and O–H groups in total. The summed E-state index contributed by atoms with van der Waals surface area (Å²) in [6.45, 7) is 20.9. The summed E-state index contributed by atoms with van der Waals surface area (Å²) in [5.41, 5.74) is -0.502. The van der Waals surface area contributed by atoms with E-state index < -0.39 is 34.2 Å². The molecule has 8 heteroatoms. The normalized spacial score (nSPS) is 30.0. The molecule has 7 nitrogen and oxygen atoms in total. The molecule has 2 bridgehead atoms. The van der Waals surface area contributed by atoms with Crippen molar-refractivity contribution in [2.75, 3.05) is 19.8 Å². The minimum Gasteiger partial charge on any atom is -0.466 e. The number of carbonyl (C=O) groups excluding carboxylic acids is 3. The number of hydrogen-bond donors (Lipinski definition) is 1. The third-order valence-corrected chi connectivity index (χ3v) is 10.1. The number of aliphatic hydroxyl groups excluding tert-OH is 1. The van der Waals surface area contributed by atoms with Gasteiger partial charge in [-0.1, -0.05) is 40.7 Å². The Balaban J connectivity index is 2.13. The zero-order chi connectivity index (χ0) is 27.9. The van der Waals surface area contributed by atoms with Crippen LogP contribution in [0.3, 0.4) is 0 Å². The first-order chi connectivity index (χ1) is 17.1. The Bertz CT molecular complexity index is 897. The number of nitrogens with zero attached hydrogens (tertiary/aromatic N) is 2. The number of aliphatic hydroxyl groups is 1. The van der Waals surface area contributed by atoms with Crippen LogP contribution in [0, 0.1) is 23.2 Å². The molecule has 0 aromatic carbocycles. The van der Waals surface area contributed by atoms with Crippen LogP contribution < -0.4 is 0 Å². The molecular formula is C29H48N2O5S. The molecule has 0 aromatic rings. The first-order valence-corrected chi connectivity index (χ1v) is 14.7. The third kappa shape index (κ3) is 5.47. The number of ether oxygens (including phenoxy) is 1. The highest BCUT2D eigenvalue weighted by Gasteiger charge is 2.75. The Morgan fingerprint density at radius 3 is 2.46 bits per heavy atom. The van der Waals surface area contributed by atoms with Crippen molar-refractivity contribution in [3.63, 3.8) is 0 Å². The maximum absolute atomic E-state index is 14.7. The number of thioether (sulfide) groups is 1. The fraction of sp³-hybridized carbons (Fsp3) is 0.828. The van der Waals surface area contributed by atoms with Crippen molar-refractivity contribution in [1.29, 1.82) is 0 Å². The van der Waals surface area contributed by atoms with Crippen molar-refractivity contribution >= 4 is 29.5 Å². The van der Waals surface area contributed by atoms with Crippen molar-refractivity contribution in [1.82, 2.24) is 9.80 Å². The second-order valence-corrected chi connectivity index (χ2v) is 14.9. The highest BCUT2D eigenvalue weighted by Crippen LogP contribution is 2.67. The summed E-state index contributed by atoms with van der Waals surface area (Å²) in [5, 5.41) is 10.4. The SMILES string of the molecule is C=CCN(C(=O)C1N([C@@H](CO)CC(C)C)C(=O)[C@@H]2[C@@H](C(=O)OCC)[C@H]3CCC12S3)C(C)(C)CC(C)(C)C. The van der Waals surface area contributed by atoms with Gasteiger partial charge in [-0.2, -0.15) is 0 Å². The van der Waals surface area contributed by atoms with Gasteiger partial charge in [-0.3, -0.25) is 14.4 Å². The summed E-state index contributed by atoms with van der Waals surface area (Å²) >= 11 is 1.64. The second kappa shape index (κ2) is 10.9. The van der Waals surface area contributed by atoms with Crippen molar-refractivity contribution in [3.05, 3.63) is 12.7 Å². The van der Waals surface area contributed by atoms with Gasteiger partial charge < -0.3 is 19.6 Å². The van der Waals surface area contributed by atoms with Crippen molar-refractivity contribution in [3.8, 4) is 0 Å². The summed E-state index contributed by atoms with van der Waals surface area (Å²) < 4.78 is 4.73. The molecule has 0 aromatic heterocycles. The third-order valence-electron chi connectivity index (χ3n) is 8.15. The lowest BCUT2D eigenvalue weighted by Gasteiger charge is -2.46. The van der Waals surface area contributed by atoms with Gasteiger partial charge in [0, 0.05) is 17.3 Å². The van der Waals surface area contributed by atoms with Crippen LogP contribution in [0.1, 0.15) is 81.1 Å². The standard InChI is InChI=1S/C29H48N2O5S/c1-10-14-30(28(8,9)17-27(5,6)7)25(34)23-29-13-12-20(37-29)21(26(35)36-11-2)22(29)24(33)31(23)19(16-32)15-18(3)4/h10,18-23,32H,1,11-17H2,2-9H3/t19-,20-,21+,22+,23?,29?/m1/s1. The van der Waals surface area contributed by atoms with Gasteiger partial charge in [0.05, 0.1) is 35.8 Å². The summed E-state index contributed by atoms with van der Waals surface area (Å²) in [5.74, 6) is -1.57. The number of carbonyl (C=O) groups is 3. The van der Waals surface area contributed by atoms with Gasteiger partial charge in [-0.25, -0.2) is 0 Å². The van der Waals surface area contributed by atoms with Gasteiger partial charge in [-0.05, 0) is 57.8 Å². The Kier molecular flexibility index (Phi) is 8.85. The fourth-order valence-electron chi connectivity index (χ4n) is 7.40. The minimum absolute atomic E-state index is 0.0178. The van der Waals surface area contributed by atoms with E-state index in [-0.39, 0.29) is 47.6 Å². The largest absolute Gasteiger partial charge is 0.466 e. The van der Waals surface area contributed by atoms with Crippen LogP contribution in [-0.4, -0.2) is 80.1 Å². The van der Waals surface area contributed by atoms with E-state index in [0.29, 0.717) is 19.4 Å². The molecule has 3 aliphatic heterocycles. The van der Waals surface area contributed by atoms with E-state index in [4.69, 9.17) is 4.74 Å². The fourth-order valence-corrected chi connectivity index (χ4v) is 9.58. The average molecular weight is 537 g/mol. The van der Waals surface area contributed by atoms with E-state index in [1.54, 1.807) is 29.7 Å². The molecule has 0 saturated carbocycles. The van der Waals surface area contributed by atoms with E-state index in [1.807, 2.05) is 4.90 Å². The lowest BCUT2D eigenvalue weighted by Crippen LogP contribution is -2.61. The molecule has 3 fully saturated rings. The molecule has 2 unspecified atom stereocenters. The number of esters is 1. The van der Waals surface area contributed by atoms with Gasteiger partial charge in [0.25, 0.3) is 0 Å². The van der Waals surface area contributed by atoms with E-state index in [0.717, 1.165) is 12.8 Å². The number of hydrogen-bond acceptors (Lipinski definition) is 6. The number of amides is 2. The Hall–Kier alpha value is -1.54. The minimum atomic E-state index is -0.741. The van der Waals surface area contributed by atoms with Crippen LogP contribution in [0.25, 0.3) is 0 Å². The summed E-state index contributed by atoms with van der Waals surface area (Å²) in [4.78, 5) is 45.6.